The summed E-state index contributed by atoms with van der Waals surface area (Å²) in [5.41, 5.74) is 5.28. The minimum atomic E-state index is -1.17. The molecule has 0 saturated heterocycles. The number of carbonyl (C=O) groups is 1. The Balaban J connectivity index is 1.60. The molecule has 2 aliphatic carbocycles. The fourth-order valence-corrected chi connectivity index (χ4v) is 9.54. The number of allylic oxidation sites excluding steroid dienone is 7. The van der Waals surface area contributed by atoms with Crippen LogP contribution < -0.4 is 16.0 Å². The molecule has 8 heteroatoms. The van der Waals surface area contributed by atoms with E-state index in [9.17, 15) is 25.2 Å². The van der Waals surface area contributed by atoms with Crippen molar-refractivity contribution in [3.63, 3.8) is 0 Å². The first-order valence-electron chi connectivity index (χ1n) is 19.7. The molecule has 7 N–H and O–H groups in total. The molecule has 288 valence electrons. The highest BCUT2D eigenvalue weighted by Gasteiger charge is 2.65. The molecule has 2 saturated carbocycles. The fourth-order valence-electron chi connectivity index (χ4n) is 9.54. The Bertz CT molecular complexity index is 1470. The van der Waals surface area contributed by atoms with E-state index >= 15 is 0 Å². The molecule has 0 radical (unpaired) electrons. The molecule has 0 aromatic heterocycles. The summed E-state index contributed by atoms with van der Waals surface area (Å²) in [5.74, 6) is -0.396. The number of hydrogen-bond donors (Lipinski definition) is 7. The molecule has 52 heavy (non-hydrogen) atoms. The second-order valence-corrected chi connectivity index (χ2v) is 15.8. The van der Waals surface area contributed by atoms with Gasteiger partial charge in [0.2, 0.25) is 0 Å². The third kappa shape index (κ3) is 9.89. The van der Waals surface area contributed by atoms with Crippen LogP contribution in [0.3, 0.4) is 0 Å². The van der Waals surface area contributed by atoms with Crippen molar-refractivity contribution in [2.75, 3.05) is 46.9 Å². The number of nitrogens with one attached hydrogen (secondary N) is 3. The van der Waals surface area contributed by atoms with Crippen LogP contribution in [0.15, 0.2) is 83.0 Å². The number of aliphatic hydroxyl groups excluding tert-OH is 3. The van der Waals surface area contributed by atoms with E-state index in [0.29, 0.717) is 63.1 Å². The molecule has 3 aliphatic rings. The smallest absolute Gasteiger partial charge is 0.145 e. The zero-order valence-corrected chi connectivity index (χ0v) is 32.3. The van der Waals surface area contributed by atoms with Gasteiger partial charge in [-0.15, -0.1) is 0 Å². The maximum absolute atomic E-state index is 12.5. The molecular weight excluding hydrogens is 650 g/mol. The topological polar surface area (TPSA) is 134 Å². The first-order valence-corrected chi connectivity index (χ1v) is 19.7. The van der Waals surface area contributed by atoms with Gasteiger partial charge in [0.15, 0.2) is 0 Å². The first kappa shape index (κ1) is 42.1. The van der Waals surface area contributed by atoms with Crippen molar-refractivity contribution in [3.05, 3.63) is 94.1 Å². The fraction of sp³-hybridized carbons (Fsp3) is 0.614. The summed E-state index contributed by atoms with van der Waals surface area (Å²) in [5, 5.41) is 55.6. The van der Waals surface area contributed by atoms with Gasteiger partial charge in [-0.1, -0.05) is 71.9 Å². The lowest BCUT2D eigenvalue weighted by Gasteiger charge is -2.57. The van der Waals surface area contributed by atoms with Crippen LogP contribution in [0.2, 0.25) is 0 Å². The lowest BCUT2D eigenvalue weighted by molar-refractivity contribution is -0.180. The SMILES string of the molecule is C=C(C=CC=C(CO)C1CCC2(C(CCCO)C(=C(C)C=O)CCC2(O)CCNC)C1O)C1CC=C(C)CNC(CCNC)Cc2cccc(c2)C1. The van der Waals surface area contributed by atoms with Crippen LogP contribution in [-0.2, 0) is 17.6 Å². The van der Waals surface area contributed by atoms with Crippen molar-refractivity contribution in [1.82, 2.24) is 16.0 Å². The van der Waals surface area contributed by atoms with E-state index in [-0.39, 0.29) is 31.0 Å². The Morgan fingerprint density at radius 3 is 2.54 bits per heavy atom. The zero-order valence-electron chi connectivity index (χ0n) is 32.3. The zero-order chi connectivity index (χ0) is 37.7. The summed E-state index contributed by atoms with van der Waals surface area (Å²) in [7, 11) is 3.86. The van der Waals surface area contributed by atoms with Crippen molar-refractivity contribution in [3.8, 4) is 0 Å². The molecule has 4 rings (SSSR count). The minimum Gasteiger partial charge on any atom is -0.396 e. The van der Waals surface area contributed by atoms with Gasteiger partial charge in [0, 0.05) is 30.5 Å². The van der Waals surface area contributed by atoms with Gasteiger partial charge in [-0.3, -0.25) is 4.79 Å². The predicted molar refractivity (Wildman–Crippen MR) is 212 cm³/mol. The molecule has 2 bridgehead atoms. The molecule has 0 amide bonds. The van der Waals surface area contributed by atoms with Gasteiger partial charge in [-0.2, -0.15) is 0 Å². The van der Waals surface area contributed by atoms with Crippen LogP contribution in [0.1, 0.15) is 82.8 Å². The average Bonchev–Trinajstić information content (AvgIpc) is 3.49. The van der Waals surface area contributed by atoms with Crippen LogP contribution in [0.25, 0.3) is 0 Å². The maximum atomic E-state index is 12.5. The highest BCUT2D eigenvalue weighted by molar-refractivity contribution is 5.74. The van der Waals surface area contributed by atoms with Crippen LogP contribution in [-0.4, -0.2) is 91.4 Å². The quantitative estimate of drug-likeness (QED) is 0.0575. The second kappa shape index (κ2) is 20.1. The van der Waals surface area contributed by atoms with E-state index in [1.165, 1.54) is 16.7 Å². The summed E-state index contributed by atoms with van der Waals surface area (Å²) in [6, 6.07) is 9.35. The predicted octanol–water partition coefficient (Wildman–Crippen LogP) is 5.13. The molecule has 7 atom stereocenters. The molecule has 1 aromatic rings. The molecule has 8 nitrogen and oxygen atoms in total. The maximum Gasteiger partial charge on any atom is 0.145 e. The van der Waals surface area contributed by atoms with Gasteiger partial charge < -0.3 is 36.4 Å². The lowest BCUT2D eigenvalue weighted by atomic mass is 9.51. The van der Waals surface area contributed by atoms with Crippen LogP contribution in [0.4, 0.5) is 0 Å². The van der Waals surface area contributed by atoms with Gasteiger partial charge in [0.1, 0.15) is 6.29 Å². The second-order valence-electron chi connectivity index (χ2n) is 15.8. The number of rotatable bonds is 15. The van der Waals surface area contributed by atoms with E-state index in [4.69, 9.17) is 0 Å². The van der Waals surface area contributed by atoms with E-state index < -0.39 is 17.1 Å². The summed E-state index contributed by atoms with van der Waals surface area (Å²) < 4.78 is 0. The molecular formula is C44H67N3O5. The standard InChI is InChI=1S/C44H67N3O5/c1-31-14-15-36(26-34-10-7-11-35(25-34)27-38(47-28-31)18-22-45-4)32(2)9-6-12-37(30-50)40-17-20-44(42(40)51)41(13-8-24-48)39(33(3)29-49)16-19-43(44,52)21-23-46-5/h6-7,9-12,14,25,29,36,38,40-42,45-48,50-52H,2,8,13,15-24,26-28,30H2,1,3-5H3. The van der Waals surface area contributed by atoms with Crippen molar-refractivity contribution in [1.29, 1.82) is 0 Å². The Morgan fingerprint density at radius 1 is 1.10 bits per heavy atom. The van der Waals surface area contributed by atoms with Crippen LogP contribution >= 0.6 is 0 Å². The van der Waals surface area contributed by atoms with Crippen LogP contribution in [0, 0.1) is 23.2 Å². The van der Waals surface area contributed by atoms with Gasteiger partial charge in [0.25, 0.3) is 0 Å². The summed E-state index contributed by atoms with van der Waals surface area (Å²) in [4.78, 5) is 12.0. The third-order valence-electron chi connectivity index (χ3n) is 12.5. The summed E-state index contributed by atoms with van der Waals surface area (Å²) >= 11 is 0. The van der Waals surface area contributed by atoms with Crippen molar-refractivity contribution in [2.45, 2.75) is 102 Å². The van der Waals surface area contributed by atoms with Gasteiger partial charge in [0.05, 0.1) is 18.3 Å². The van der Waals surface area contributed by atoms with E-state index in [1.54, 1.807) is 0 Å². The Kier molecular flexibility index (Phi) is 16.3. The van der Waals surface area contributed by atoms with Crippen molar-refractivity contribution in [2.24, 2.45) is 23.2 Å². The molecule has 1 heterocycles. The number of fused-ring (bicyclic) bond motifs is 2. The van der Waals surface area contributed by atoms with Crippen molar-refractivity contribution >= 4 is 6.29 Å². The van der Waals surface area contributed by atoms with Crippen molar-refractivity contribution < 1.29 is 25.2 Å². The lowest BCUT2D eigenvalue weighted by Crippen LogP contribution is -2.61. The third-order valence-corrected chi connectivity index (χ3v) is 12.5. The van der Waals surface area contributed by atoms with Crippen LogP contribution in [0.5, 0.6) is 0 Å². The van der Waals surface area contributed by atoms with Gasteiger partial charge in [-0.25, -0.2) is 0 Å². The average molecular weight is 718 g/mol. The Labute approximate surface area is 313 Å². The first-order chi connectivity index (χ1) is 25.1. The number of hydrogen-bond acceptors (Lipinski definition) is 8. The Hall–Kier alpha value is -2.69. The summed E-state index contributed by atoms with van der Waals surface area (Å²) in [6.07, 6.45) is 15.8. The van der Waals surface area contributed by atoms with E-state index in [0.717, 1.165) is 61.8 Å². The largest absolute Gasteiger partial charge is 0.396 e. The highest BCUT2D eigenvalue weighted by Crippen LogP contribution is 2.63. The number of aldehydes is 1. The molecule has 1 aliphatic heterocycles. The van der Waals surface area contributed by atoms with E-state index in [2.05, 4.69) is 59.8 Å². The highest BCUT2D eigenvalue weighted by atomic mass is 16.3. The normalized spacial score (nSPS) is 31.3. The monoisotopic (exact) mass is 718 g/mol. The Morgan fingerprint density at radius 2 is 1.85 bits per heavy atom. The van der Waals surface area contributed by atoms with E-state index in [1.807, 2.05) is 39.2 Å². The number of carbonyl (C=O) groups excluding carboxylic acids is 1. The molecule has 7 unspecified atom stereocenters. The molecule has 1 spiro atoms. The van der Waals surface area contributed by atoms with Gasteiger partial charge in [-0.05, 0) is 146 Å². The minimum absolute atomic E-state index is 0.00104. The molecule has 1 aromatic carbocycles. The number of benzene rings is 1. The van der Waals surface area contributed by atoms with Gasteiger partial charge >= 0.3 is 0 Å². The molecule has 2 fully saturated rings. The number of aliphatic hydroxyl groups is 4. The summed E-state index contributed by atoms with van der Waals surface area (Å²) in [6.45, 7) is 10.7.